The zero-order valence-corrected chi connectivity index (χ0v) is 11.8. The first kappa shape index (κ1) is 12.4. The van der Waals surface area contributed by atoms with Crippen LogP contribution in [0.2, 0.25) is 0 Å². The maximum Gasteiger partial charge on any atom is 0.0856 e. The molecule has 2 aromatic rings. The van der Waals surface area contributed by atoms with Crippen LogP contribution in [0.3, 0.4) is 0 Å². The van der Waals surface area contributed by atoms with Crippen molar-refractivity contribution in [2.45, 2.75) is 6.42 Å². The van der Waals surface area contributed by atoms with Crippen LogP contribution in [0.25, 0.3) is 4.91 Å². The predicted molar refractivity (Wildman–Crippen MR) is 83.5 cm³/mol. The molecule has 0 unspecified atom stereocenters. The van der Waals surface area contributed by atoms with E-state index in [9.17, 15) is 0 Å². The molecule has 0 bridgehead atoms. The van der Waals surface area contributed by atoms with Crippen LogP contribution >= 0.6 is 23.1 Å². The molecular weight excluding hydrogens is 272 g/mol. The monoisotopic (exact) mass is 284 g/mol. The van der Waals surface area contributed by atoms with Gasteiger partial charge < -0.3 is 0 Å². The Morgan fingerprint density at radius 1 is 1.05 bits per heavy atom. The van der Waals surface area contributed by atoms with Gasteiger partial charge in [-0.25, -0.2) is 0 Å². The fourth-order valence-electron chi connectivity index (χ4n) is 1.72. The molecule has 19 heavy (non-hydrogen) atoms. The van der Waals surface area contributed by atoms with Gasteiger partial charge in [-0.3, -0.25) is 0 Å². The molecule has 1 aliphatic heterocycles. The lowest BCUT2D eigenvalue weighted by atomic mass is 10.3. The van der Waals surface area contributed by atoms with Crippen molar-refractivity contribution >= 4 is 33.7 Å². The zero-order valence-electron chi connectivity index (χ0n) is 10.2. The maximum atomic E-state index is 4.17. The summed E-state index contributed by atoms with van der Waals surface area (Å²) >= 11 is 3.55. The number of azo groups is 1. The molecule has 2 heterocycles. The van der Waals surface area contributed by atoms with E-state index in [0.29, 0.717) is 0 Å². The molecule has 0 atom stereocenters. The summed E-state index contributed by atoms with van der Waals surface area (Å²) in [4.78, 5) is 3.90. The molecule has 2 nitrogen and oxygen atoms in total. The van der Waals surface area contributed by atoms with E-state index in [1.807, 2.05) is 36.5 Å². The van der Waals surface area contributed by atoms with Crippen molar-refractivity contribution in [3.63, 3.8) is 0 Å². The van der Waals surface area contributed by atoms with Crippen molar-refractivity contribution in [2.24, 2.45) is 10.2 Å². The average Bonchev–Trinajstić information content (AvgIpc) is 3.10. The van der Waals surface area contributed by atoms with E-state index in [1.165, 1.54) is 14.7 Å². The summed E-state index contributed by atoms with van der Waals surface area (Å²) in [5.41, 5.74) is 0.883. The van der Waals surface area contributed by atoms with Gasteiger partial charge >= 0.3 is 0 Å². The molecule has 94 valence electrons. The van der Waals surface area contributed by atoms with Gasteiger partial charge in [0.05, 0.1) is 11.9 Å². The lowest BCUT2D eigenvalue weighted by Crippen LogP contribution is -1.66. The number of allylic oxidation sites excluding steroid dienone is 2. The minimum absolute atomic E-state index is 0.883. The van der Waals surface area contributed by atoms with E-state index in [2.05, 4.69) is 33.8 Å². The number of hydrogen-bond donors (Lipinski definition) is 0. The van der Waals surface area contributed by atoms with Crippen LogP contribution in [0.4, 0.5) is 5.69 Å². The Morgan fingerprint density at radius 2 is 1.95 bits per heavy atom. The Kier molecular flexibility index (Phi) is 3.91. The molecule has 0 saturated carbocycles. The first-order valence-electron chi connectivity index (χ1n) is 5.99. The summed E-state index contributed by atoms with van der Waals surface area (Å²) in [6.45, 7) is 0. The number of hydrogen-bond acceptors (Lipinski definition) is 4. The third-order valence-electron chi connectivity index (χ3n) is 2.62. The Morgan fingerprint density at radius 3 is 2.74 bits per heavy atom. The van der Waals surface area contributed by atoms with Crippen LogP contribution in [0.15, 0.2) is 75.3 Å². The van der Waals surface area contributed by atoms with E-state index in [4.69, 9.17) is 0 Å². The highest BCUT2D eigenvalue weighted by molar-refractivity contribution is 8.12. The molecule has 0 saturated heterocycles. The molecule has 3 rings (SSSR count). The van der Waals surface area contributed by atoms with Crippen LogP contribution in [0, 0.1) is 0 Å². The third kappa shape index (κ3) is 3.22. The second-order valence-corrected chi connectivity index (χ2v) is 6.11. The summed E-state index contributed by atoms with van der Waals surface area (Å²) < 4.78 is 0. The molecule has 0 aliphatic carbocycles. The van der Waals surface area contributed by atoms with E-state index >= 15 is 0 Å². The van der Waals surface area contributed by atoms with Crippen molar-refractivity contribution in [1.29, 1.82) is 0 Å². The van der Waals surface area contributed by atoms with E-state index in [1.54, 1.807) is 23.1 Å². The maximum absolute atomic E-state index is 4.17. The van der Waals surface area contributed by atoms with Gasteiger partial charge in [-0.2, -0.15) is 10.2 Å². The van der Waals surface area contributed by atoms with Gasteiger partial charge in [0, 0.05) is 14.7 Å². The van der Waals surface area contributed by atoms with Crippen molar-refractivity contribution in [2.75, 3.05) is 0 Å². The third-order valence-corrected chi connectivity index (χ3v) is 4.80. The van der Waals surface area contributed by atoms with Gasteiger partial charge in [0.15, 0.2) is 0 Å². The summed E-state index contributed by atoms with van der Waals surface area (Å²) in [7, 11) is 0. The molecule has 0 fully saturated rings. The van der Waals surface area contributed by atoms with E-state index < -0.39 is 0 Å². The van der Waals surface area contributed by atoms with E-state index in [0.717, 1.165) is 12.1 Å². The standard InChI is InChI=1S/C15H12N2S2/c1-2-5-12(6-3-1)17-16-11-13-8-9-15(19-13)14-7-4-10-18-14/h1-7,9-11H,8H2. The smallest absolute Gasteiger partial charge is 0.0856 e. The average molecular weight is 284 g/mol. The van der Waals surface area contributed by atoms with Crippen molar-refractivity contribution in [1.82, 2.24) is 0 Å². The Bertz CT molecular complexity index is 625. The number of rotatable bonds is 3. The number of thiophene rings is 1. The number of thioether (sulfide) groups is 1. The minimum atomic E-state index is 0.883. The lowest BCUT2D eigenvalue weighted by molar-refractivity contribution is 1.20. The Labute approximate surface area is 120 Å². The van der Waals surface area contributed by atoms with Crippen molar-refractivity contribution in [3.8, 4) is 0 Å². The van der Waals surface area contributed by atoms with Crippen LogP contribution in [-0.2, 0) is 0 Å². The predicted octanol–water partition coefficient (Wildman–Crippen LogP) is 5.85. The minimum Gasteiger partial charge on any atom is -0.158 e. The van der Waals surface area contributed by atoms with Gasteiger partial charge in [0.25, 0.3) is 0 Å². The number of benzene rings is 1. The highest BCUT2D eigenvalue weighted by Gasteiger charge is 2.13. The van der Waals surface area contributed by atoms with Gasteiger partial charge in [0.2, 0.25) is 0 Å². The van der Waals surface area contributed by atoms with Gasteiger partial charge in [-0.05, 0) is 30.0 Å². The first-order valence-corrected chi connectivity index (χ1v) is 7.68. The fourth-order valence-corrected chi connectivity index (χ4v) is 3.54. The quantitative estimate of drug-likeness (QED) is 0.649. The topological polar surface area (TPSA) is 24.7 Å². The molecule has 1 aromatic carbocycles. The van der Waals surface area contributed by atoms with Crippen molar-refractivity contribution < 1.29 is 0 Å². The first-order chi connectivity index (χ1) is 9.42. The Balaban J connectivity index is 1.63. The molecule has 0 N–H and O–H groups in total. The highest BCUT2D eigenvalue weighted by atomic mass is 32.2. The summed E-state index contributed by atoms with van der Waals surface area (Å²) in [6, 6.07) is 14.0. The van der Waals surface area contributed by atoms with Crippen LogP contribution < -0.4 is 0 Å². The van der Waals surface area contributed by atoms with Gasteiger partial charge in [-0.1, -0.05) is 42.1 Å². The number of nitrogens with zero attached hydrogens (tertiary/aromatic N) is 2. The van der Waals surface area contributed by atoms with Crippen LogP contribution in [-0.4, -0.2) is 0 Å². The lowest BCUT2D eigenvalue weighted by Gasteiger charge is -1.96. The molecule has 0 amide bonds. The van der Waals surface area contributed by atoms with Gasteiger partial charge in [-0.15, -0.1) is 11.3 Å². The van der Waals surface area contributed by atoms with Crippen LogP contribution in [0.1, 0.15) is 11.3 Å². The van der Waals surface area contributed by atoms with Crippen molar-refractivity contribution in [3.05, 3.63) is 69.9 Å². The normalized spacial score (nSPS) is 17.3. The fraction of sp³-hybridized carbons (Fsp3) is 0.0667. The second kappa shape index (κ2) is 5.99. The molecule has 4 heteroatoms. The highest BCUT2D eigenvalue weighted by Crippen LogP contribution is 2.43. The van der Waals surface area contributed by atoms with E-state index in [-0.39, 0.29) is 0 Å². The largest absolute Gasteiger partial charge is 0.158 e. The second-order valence-electron chi connectivity index (χ2n) is 4.00. The summed E-state index contributed by atoms with van der Waals surface area (Å²) in [6.07, 6.45) is 5.06. The van der Waals surface area contributed by atoms with Crippen LogP contribution in [0.5, 0.6) is 0 Å². The molecule has 1 aliphatic rings. The van der Waals surface area contributed by atoms with Gasteiger partial charge in [0.1, 0.15) is 0 Å². The molecule has 0 spiro atoms. The molecular formula is C15H12N2S2. The summed E-state index contributed by atoms with van der Waals surface area (Å²) in [5.74, 6) is 0. The SMILES string of the molecule is C(N=Nc1ccccc1)=C1CC=C(c2cccs2)S1. The Hall–Kier alpha value is -1.65. The molecule has 1 aromatic heterocycles. The molecule has 0 radical (unpaired) electrons. The summed E-state index contributed by atoms with van der Waals surface area (Å²) in [5, 5.41) is 10.4. The zero-order chi connectivity index (χ0) is 12.9.